The fraction of sp³-hybridized carbons (Fsp3) is 0.548. The molecule has 0 aliphatic carbocycles. The van der Waals surface area contributed by atoms with Gasteiger partial charge in [-0.3, -0.25) is 72.0 Å². The van der Waals surface area contributed by atoms with Crippen LogP contribution in [0.4, 0.5) is 5.69 Å². The SMILES string of the molecule is CC[C@H](C)[C@@H]1NC(=O)CNC(=O)[C@@H]2Cc3c([nH]c4ccccc34)[S+]([O-])C[C@H](NC(=O)CNC1=O)C(=O)NC(CC(=O)NCc1ccc(NC(=O)[C@H](C)NC(=O)C(NC(=O)CCN3C(=O)CC(SC)C3=O)C(C)C)cc1)C(=O)N1C[C@H](O)C[C@H]1C(=O)N[C@@H]([C@@H](C)[C@@H](O)CO)C(=O)N2. The molecule has 34 heteroatoms. The molecular weight excluding hydrogens is 1290 g/mol. The fourth-order valence-electron chi connectivity index (χ4n) is 11.3. The molecular formula is C62H84N14O18S2. The minimum Gasteiger partial charge on any atom is -0.610 e. The predicted molar refractivity (Wildman–Crippen MR) is 346 cm³/mol. The number of thioether (sulfide) groups is 1. The van der Waals surface area contributed by atoms with Crippen molar-refractivity contribution in [2.75, 3.05) is 50.1 Å². The van der Waals surface area contributed by atoms with Crippen LogP contribution in [-0.4, -0.2) is 228 Å². The second-order valence-corrected chi connectivity index (χ2v) is 27.0. The quantitative estimate of drug-likeness (QED) is 0.0399. The van der Waals surface area contributed by atoms with Gasteiger partial charge in [-0.1, -0.05) is 71.4 Å². The zero-order chi connectivity index (χ0) is 70.4. The molecule has 2 fully saturated rings. The molecule has 2 saturated heterocycles. The lowest BCUT2D eigenvalue weighted by atomic mass is 9.93. The minimum atomic E-state index is -2.39. The Balaban J connectivity index is 1.14. The number of H-pyrrole nitrogens is 1. The molecule has 522 valence electrons. The van der Waals surface area contributed by atoms with E-state index in [1.54, 1.807) is 58.2 Å². The molecule has 4 aliphatic rings. The van der Waals surface area contributed by atoms with Crippen LogP contribution < -0.4 is 58.5 Å². The number of aliphatic hydroxyl groups excluding tert-OH is 3. The van der Waals surface area contributed by atoms with Gasteiger partial charge in [-0.15, -0.1) is 0 Å². The van der Waals surface area contributed by atoms with Gasteiger partial charge in [0.15, 0.2) is 6.04 Å². The van der Waals surface area contributed by atoms with Gasteiger partial charge in [-0.2, -0.15) is 11.8 Å². The van der Waals surface area contributed by atoms with Crippen LogP contribution in [0.2, 0.25) is 0 Å². The van der Waals surface area contributed by atoms with E-state index in [9.17, 15) is 82.2 Å². The lowest BCUT2D eigenvalue weighted by Gasteiger charge is -2.33. The van der Waals surface area contributed by atoms with Crippen LogP contribution in [0.3, 0.4) is 0 Å². The number of para-hydroxylation sites is 1. The van der Waals surface area contributed by atoms with E-state index in [1.165, 1.54) is 49.9 Å². The first-order valence-corrected chi connectivity index (χ1v) is 34.1. The summed E-state index contributed by atoms with van der Waals surface area (Å²) in [6.07, 6.45) is -3.12. The third kappa shape index (κ3) is 19.1. The van der Waals surface area contributed by atoms with Crippen LogP contribution in [0, 0.1) is 17.8 Å². The number of anilines is 1. The Morgan fingerprint density at radius 2 is 1.43 bits per heavy atom. The molecule has 2 aromatic carbocycles. The Kier molecular flexibility index (Phi) is 26.3. The van der Waals surface area contributed by atoms with Crippen molar-refractivity contribution in [3.05, 3.63) is 59.7 Å². The number of rotatable bonds is 19. The standard InChI is InChI=1S/C62H84N14O18S2/c1-8-30(4)51-57(89)65-24-47(82)68-41-28-96(94)60-37(36-11-9-10-12-38(36)71-60)20-39(54(86)64-25-48(83)73-51)69-59(91)52(31(5)43(79)27-77)74-56(88)42-19-35(78)26-76(42)61(92)40(70-55(41)87)21-46(81)63-23-33-13-15-34(16-14-33)67-53(85)32(6)66-58(90)50(29(2)3)72-45(80)17-18-75-49(84)22-44(95-7)62(75)93/h9-16,29-32,35,39-44,50-52,71,77-79H,8,17-28H2,1-7H3,(H,63,81)(H,64,86)(H,65,89)(H,66,90)(H,67,85)(H,68,82)(H,69,91)(H,70,87)(H,72,80)(H,73,83)(H,74,88)/t30-,31-,32-,35+,39-,40?,41-,42-,43-,44?,50?,51-,52-,96?/m0/s1. The number of hydrogen-bond donors (Lipinski definition) is 15. The van der Waals surface area contributed by atoms with Crippen molar-refractivity contribution in [1.29, 1.82) is 0 Å². The zero-order valence-electron chi connectivity index (χ0n) is 54.1. The smallest absolute Gasteiger partial charge is 0.248 e. The van der Waals surface area contributed by atoms with E-state index in [2.05, 4.69) is 63.5 Å². The number of aromatic nitrogens is 1. The highest BCUT2D eigenvalue weighted by atomic mass is 32.2. The summed E-state index contributed by atoms with van der Waals surface area (Å²) < 4.78 is 15.0. The van der Waals surface area contributed by atoms with Gasteiger partial charge in [0.25, 0.3) is 0 Å². The van der Waals surface area contributed by atoms with Gasteiger partial charge in [0.1, 0.15) is 48.0 Å². The maximum atomic E-state index is 15.0. The van der Waals surface area contributed by atoms with Gasteiger partial charge >= 0.3 is 0 Å². The summed E-state index contributed by atoms with van der Waals surface area (Å²) >= 11 is -1.15. The van der Waals surface area contributed by atoms with E-state index in [0.717, 1.165) is 9.80 Å². The molecule has 5 heterocycles. The number of aromatic amines is 1. The number of carbonyl (C=O) groups is 14. The van der Waals surface area contributed by atoms with E-state index in [1.807, 2.05) is 0 Å². The number of amides is 14. The van der Waals surface area contributed by atoms with Crippen LogP contribution >= 0.6 is 11.8 Å². The molecule has 0 radical (unpaired) electrons. The minimum absolute atomic E-state index is 0.0347. The van der Waals surface area contributed by atoms with Crippen molar-refractivity contribution < 1.29 is 87.0 Å². The lowest BCUT2D eigenvalue weighted by molar-refractivity contribution is -0.144. The molecule has 7 rings (SSSR count). The highest BCUT2D eigenvalue weighted by molar-refractivity contribution is 8.00. The molecule has 14 amide bonds. The molecule has 0 saturated carbocycles. The van der Waals surface area contributed by atoms with E-state index in [0.29, 0.717) is 22.9 Å². The van der Waals surface area contributed by atoms with Gasteiger partial charge in [0.2, 0.25) is 87.7 Å². The highest BCUT2D eigenvalue weighted by Crippen LogP contribution is 2.30. The van der Waals surface area contributed by atoms with Gasteiger partial charge in [-0.25, -0.2) is 0 Å². The summed E-state index contributed by atoms with van der Waals surface area (Å²) in [6, 6.07) is 0.0238. The first kappa shape index (κ1) is 74.7. The third-order valence-corrected chi connectivity index (χ3v) is 19.6. The summed E-state index contributed by atoms with van der Waals surface area (Å²) in [5.74, 6) is -15.0. The summed E-state index contributed by atoms with van der Waals surface area (Å²) in [6.45, 7) is 6.01. The Bertz CT molecular complexity index is 3450. The summed E-state index contributed by atoms with van der Waals surface area (Å²) in [7, 11) is 0. The van der Waals surface area contributed by atoms with Gasteiger partial charge in [-0.05, 0) is 48.8 Å². The largest absolute Gasteiger partial charge is 0.610 e. The topological polar surface area (TPSA) is 477 Å². The van der Waals surface area contributed by atoms with E-state index in [4.69, 9.17) is 0 Å². The van der Waals surface area contributed by atoms with Crippen LogP contribution in [0.25, 0.3) is 10.9 Å². The fourth-order valence-corrected chi connectivity index (χ4v) is 13.3. The van der Waals surface area contributed by atoms with Crippen molar-refractivity contribution in [1.82, 2.24) is 68.0 Å². The Morgan fingerprint density at radius 1 is 0.750 bits per heavy atom. The molecule has 1 aromatic heterocycles. The second-order valence-electron chi connectivity index (χ2n) is 24.5. The summed E-state index contributed by atoms with van der Waals surface area (Å²) in [4.78, 5) is 199. The number of nitrogens with zero attached hydrogens (tertiary/aromatic N) is 2. The van der Waals surface area contributed by atoms with Gasteiger partial charge in [0.05, 0.1) is 43.6 Å². The van der Waals surface area contributed by atoms with Crippen molar-refractivity contribution >= 4 is 122 Å². The Labute approximate surface area is 559 Å². The molecule has 96 heavy (non-hydrogen) atoms. The summed E-state index contributed by atoms with van der Waals surface area (Å²) in [5.41, 5.74) is 1.20. The molecule has 4 aliphatic heterocycles. The number of carbonyl (C=O) groups excluding carboxylic acids is 14. The third-order valence-electron chi connectivity index (χ3n) is 17.2. The van der Waals surface area contributed by atoms with E-state index in [-0.39, 0.29) is 48.1 Å². The number of imide groups is 1. The van der Waals surface area contributed by atoms with Crippen LogP contribution in [0.1, 0.15) is 84.8 Å². The number of likely N-dealkylation sites (tertiary alicyclic amines) is 1. The molecule has 3 aromatic rings. The van der Waals surface area contributed by atoms with Crippen molar-refractivity contribution in [3.63, 3.8) is 0 Å². The highest BCUT2D eigenvalue weighted by Gasteiger charge is 2.46. The number of nitrogens with one attached hydrogen (secondary N) is 12. The molecule has 4 unspecified atom stereocenters. The van der Waals surface area contributed by atoms with Crippen LogP contribution in [0.5, 0.6) is 0 Å². The summed E-state index contributed by atoms with van der Waals surface area (Å²) in [5, 5.41) is 59.9. The molecule has 15 N–H and O–H groups in total. The number of aliphatic hydroxyl groups is 3. The average Bonchev–Trinajstić information content (AvgIpc) is 1.64. The van der Waals surface area contributed by atoms with Crippen LogP contribution in [-0.2, 0) is 91.3 Å². The first-order chi connectivity index (χ1) is 45.5. The number of hydrogen-bond acceptors (Lipinski definition) is 19. The molecule has 0 spiro atoms. The average molecular weight is 1380 g/mol. The monoisotopic (exact) mass is 1380 g/mol. The van der Waals surface area contributed by atoms with E-state index >= 15 is 4.79 Å². The Morgan fingerprint density at radius 3 is 2.08 bits per heavy atom. The second kappa shape index (κ2) is 33.8. The number of benzene rings is 2. The molecule has 14 atom stereocenters. The maximum absolute atomic E-state index is 15.0. The normalized spacial score (nSPS) is 25.1. The number of fused-ring (bicyclic) bond motifs is 5. The lowest BCUT2D eigenvalue weighted by Crippen LogP contribution is -2.62. The maximum Gasteiger partial charge on any atom is 0.248 e. The predicted octanol–water partition coefficient (Wildman–Crippen LogP) is -4.33. The van der Waals surface area contributed by atoms with Gasteiger partial charge in [0, 0.05) is 84.6 Å². The Hall–Kier alpha value is -8.70. The molecule has 2 bridgehead atoms. The first-order valence-electron chi connectivity index (χ1n) is 31.5. The van der Waals surface area contributed by atoms with Crippen molar-refractivity contribution in [3.8, 4) is 0 Å². The molecule has 32 nitrogen and oxygen atoms in total. The van der Waals surface area contributed by atoms with Crippen molar-refractivity contribution in [2.45, 2.75) is 157 Å². The van der Waals surface area contributed by atoms with E-state index < -0.39 is 223 Å². The van der Waals surface area contributed by atoms with Crippen LogP contribution in [0.15, 0.2) is 53.6 Å². The van der Waals surface area contributed by atoms with Crippen molar-refractivity contribution in [2.24, 2.45) is 17.8 Å². The zero-order valence-corrected chi connectivity index (χ0v) is 55.7. The van der Waals surface area contributed by atoms with Gasteiger partial charge < -0.3 is 88.2 Å².